The van der Waals surface area contributed by atoms with E-state index in [2.05, 4.69) is 4.72 Å². The Labute approximate surface area is 133 Å². The molecule has 2 aromatic rings. The molecule has 116 valence electrons. The first-order valence-corrected chi connectivity index (χ1v) is 8.18. The highest BCUT2D eigenvalue weighted by Crippen LogP contribution is 2.24. The quantitative estimate of drug-likeness (QED) is 0.925. The molecule has 7 heteroatoms. The lowest BCUT2D eigenvalue weighted by molar-refractivity contribution is -0.255. The Kier molecular flexibility index (Phi) is 4.44. The van der Waals surface area contributed by atoms with Gasteiger partial charge in [0.05, 0.1) is 16.6 Å². The summed E-state index contributed by atoms with van der Waals surface area (Å²) in [6, 6.07) is 8.70. The maximum absolute atomic E-state index is 12.5. The van der Waals surface area contributed by atoms with Crippen LogP contribution in [0.1, 0.15) is 21.5 Å². The van der Waals surface area contributed by atoms with Gasteiger partial charge in [-0.25, -0.2) is 8.42 Å². The average molecular weight is 339 g/mol. The number of aromatic carboxylic acids is 1. The number of anilines is 1. The molecule has 0 atom stereocenters. The molecule has 0 heterocycles. The second kappa shape index (κ2) is 5.98. The molecule has 0 radical (unpaired) electrons. The number of carboxylic acids is 1. The van der Waals surface area contributed by atoms with Crippen molar-refractivity contribution in [1.29, 1.82) is 0 Å². The molecular weight excluding hydrogens is 326 g/mol. The topological polar surface area (TPSA) is 86.3 Å². The molecule has 2 rings (SSSR count). The zero-order valence-electron chi connectivity index (χ0n) is 11.9. The van der Waals surface area contributed by atoms with E-state index in [0.717, 1.165) is 6.07 Å². The summed E-state index contributed by atoms with van der Waals surface area (Å²) < 4.78 is 27.4. The molecule has 0 aliphatic rings. The summed E-state index contributed by atoms with van der Waals surface area (Å²) in [4.78, 5) is 10.9. The van der Waals surface area contributed by atoms with Crippen molar-refractivity contribution < 1.29 is 18.3 Å². The van der Waals surface area contributed by atoms with Crippen molar-refractivity contribution in [2.45, 2.75) is 18.7 Å². The number of hydrogen-bond donors (Lipinski definition) is 1. The third-order valence-electron chi connectivity index (χ3n) is 3.22. The Bertz CT molecular complexity index is 847. The third-order valence-corrected chi connectivity index (χ3v) is 4.96. The maximum atomic E-state index is 12.5. The predicted molar refractivity (Wildman–Crippen MR) is 82.5 cm³/mol. The fraction of sp³-hybridized carbons (Fsp3) is 0.133. The molecule has 0 saturated heterocycles. The number of hydrogen-bond acceptors (Lipinski definition) is 4. The molecule has 2 aromatic carbocycles. The van der Waals surface area contributed by atoms with E-state index in [1.54, 1.807) is 32.0 Å². The van der Waals surface area contributed by atoms with Crippen LogP contribution in [0.25, 0.3) is 0 Å². The van der Waals surface area contributed by atoms with Crippen LogP contribution in [0.4, 0.5) is 5.69 Å². The minimum absolute atomic E-state index is 0.105. The molecule has 0 aliphatic carbocycles. The Balaban J connectivity index is 2.51. The molecule has 0 saturated carbocycles. The molecular formula is C15H13ClNO4S-. The Morgan fingerprint density at radius 1 is 1.18 bits per heavy atom. The van der Waals surface area contributed by atoms with Crippen LogP contribution < -0.4 is 9.83 Å². The van der Waals surface area contributed by atoms with Gasteiger partial charge in [-0.1, -0.05) is 17.7 Å². The lowest BCUT2D eigenvalue weighted by atomic mass is 10.1. The van der Waals surface area contributed by atoms with Crippen LogP contribution >= 0.6 is 11.6 Å². The van der Waals surface area contributed by atoms with Gasteiger partial charge >= 0.3 is 0 Å². The number of aryl methyl sites for hydroxylation is 1. The maximum Gasteiger partial charge on any atom is 0.262 e. The van der Waals surface area contributed by atoms with Gasteiger partial charge in [-0.15, -0.1) is 0 Å². The largest absolute Gasteiger partial charge is 0.545 e. The van der Waals surface area contributed by atoms with E-state index in [0.29, 0.717) is 21.8 Å². The van der Waals surface area contributed by atoms with E-state index in [1.165, 1.54) is 12.1 Å². The summed E-state index contributed by atoms with van der Waals surface area (Å²) in [5.41, 5.74) is 1.13. The third kappa shape index (κ3) is 3.40. The van der Waals surface area contributed by atoms with Crippen LogP contribution in [0.3, 0.4) is 0 Å². The molecule has 1 N–H and O–H groups in total. The number of benzene rings is 2. The predicted octanol–water partition coefficient (Wildman–Crippen LogP) is 2.12. The van der Waals surface area contributed by atoms with Crippen molar-refractivity contribution in [1.82, 2.24) is 0 Å². The molecule has 0 aliphatic heterocycles. The first kappa shape index (κ1) is 16.3. The van der Waals surface area contributed by atoms with E-state index in [-0.39, 0.29) is 10.5 Å². The van der Waals surface area contributed by atoms with Gasteiger partial charge in [0.1, 0.15) is 0 Å². The number of carboxylic acid groups (broad SMARTS) is 1. The summed E-state index contributed by atoms with van der Waals surface area (Å²) in [6.45, 7) is 3.25. The van der Waals surface area contributed by atoms with Crippen LogP contribution in [0.5, 0.6) is 0 Å². The Morgan fingerprint density at radius 3 is 2.45 bits per heavy atom. The summed E-state index contributed by atoms with van der Waals surface area (Å²) in [5, 5.41) is 11.4. The number of halogens is 1. The van der Waals surface area contributed by atoms with E-state index < -0.39 is 16.0 Å². The molecule has 0 spiro atoms. The summed E-state index contributed by atoms with van der Waals surface area (Å²) in [6.07, 6.45) is 0. The highest BCUT2D eigenvalue weighted by molar-refractivity contribution is 7.92. The number of nitrogens with one attached hydrogen (secondary N) is 1. The van der Waals surface area contributed by atoms with Crippen LogP contribution in [-0.2, 0) is 10.0 Å². The van der Waals surface area contributed by atoms with Crippen LogP contribution in [-0.4, -0.2) is 14.4 Å². The van der Waals surface area contributed by atoms with Gasteiger partial charge in [0.15, 0.2) is 0 Å². The average Bonchev–Trinajstić information content (AvgIpc) is 2.40. The second-order valence-electron chi connectivity index (χ2n) is 4.82. The first-order chi connectivity index (χ1) is 10.2. The Morgan fingerprint density at radius 2 is 1.86 bits per heavy atom. The zero-order valence-corrected chi connectivity index (χ0v) is 13.5. The summed E-state index contributed by atoms with van der Waals surface area (Å²) in [7, 11) is -3.94. The Hall–Kier alpha value is -2.05. The van der Waals surface area contributed by atoms with Crippen molar-refractivity contribution in [3.05, 3.63) is 58.1 Å². The van der Waals surface area contributed by atoms with Crippen molar-refractivity contribution >= 4 is 33.3 Å². The van der Waals surface area contributed by atoms with Crippen molar-refractivity contribution in [2.24, 2.45) is 0 Å². The fourth-order valence-electron chi connectivity index (χ4n) is 1.99. The normalized spacial score (nSPS) is 11.2. The lowest BCUT2D eigenvalue weighted by Gasteiger charge is -2.14. The molecule has 0 fully saturated rings. The van der Waals surface area contributed by atoms with E-state index in [4.69, 9.17) is 11.6 Å². The van der Waals surface area contributed by atoms with Crippen molar-refractivity contribution in [3.8, 4) is 0 Å². The zero-order chi connectivity index (χ0) is 16.5. The van der Waals surface area contributed by atoms with Gasteiger partial charge in [-0.3, -0.25) is 4.72 Å². The molecule has 0 aromatic heterocycles. The monoisotopic (exact) mass is 338 g/mol. The number of sulfonamides is 1. The lowest BCUT2D eigenvalue weighted by Crippen LogP contribution is -2.23. The minimum atomic E-state index is -3.94. The minimum Gasteiger partial charge on any atom is -0.545 e. The number of carbonyl (C=O) groups excluding carboxylic acids is 1. The van der Waals surface area contributed by atoms with Crippen LogP contribution in [0.2, 0.25) is 5.02 Å². The molecule has 0 unspecified atom stereocenters. The number of rotatable bonds is 4. The van der Waals surface area contributed by atoms with E-state index in [9.17, 15) is 18.3 Å². The SMILES string of the molecule is Cc1cc(C(=O)[O-])cc(S(=O)(=O)Nc2cccc(Cl)c2)c1C. The molecule has 5 nitrogen and oxygen atoms in total. The highest BCUT2D eigenvalue weighted by Gasteiger charge is 2.19. The molecule has 0 amide bonds. The summed E-state index contributed by atoms with van der Waals surface area (Å²) in [5.74, 6) is -1.43. The van der Waals surface area contributed by atoms with Gasteiger partial charge in [0.25, 0.3) is 10.0 Å². The first-order valence-electron chi connectivity index (χ1n) is 6.31. The van der Waals surface area contributed by atoms with Gasteiger partial charge < -0.3 is 9.90 Å². The van der Waals surface area contributed by atoms with Crippen molar-refractivity contribution in [2.75, 3.05) is 4.72 Å². The smallest absolute Gasteiger partial charge is 0.262 e. The summed E-state index contributed by atoms with van der Waals surface area (Å²) >= 11 is 5.82. The standard InChI is InChI=1S/C15H14ClNO4S/c1-9-6-11(15(18)19)7-14(10(9)2)22(20,21)17-13-5-3-4-12(16)8-13/h3-8,17H,1-2H3,(H,18,19)/p-1. The second-order valence-corrected chi connectivity index (χ2v) is 6.91. The van der Waals surface area contributed by atoms with Crippen LogP contribution in [0.15, 0.2) is 41.3 Å². The fourth-order valence-corrected chi connectivity index (χ4v) is 3.57. The van der Waals surface area contributed by atoms with Gasteiger partial charge in [0, 0.05) is 5.02 Å². The number of carbonyl (C=O) groups is 1. The molecule has 22 heavy (non-hydrogen) atoms. The van der Waals surface area contributed by atoms with Gasteiger partial charge in [-0.05, 0) is 60.9 Å². The molecule has 0 bridgehead atoms. The van der Waals surface area contributed by atoms with Crippen LogP contribution in [0, 0.1) is 13.8 Å². The highest BCUT2D eigenvalue weighted by atomic mass is 35.5. The van der Waals surface area contributed by atoms with Crippen molar-refractivity contribution in [3.63, 3.8) is 0 Å². The van der Waals surface area contributed by atoms with Gasteiger partial charge in [0.2, 0.25) is 0 Å². The van der Waals surface area contributed by atoms with E-state index in [1.807, 2.05) is 0 Å². The van der Waals surface area contributed by atoms with E-state index >= 15 is 0 Å². The van der Waals surface area contributed by atoms with Gasteiger partial charge in [-0.2, -0.15) is 0 Å².